The standard InChI is InChI=1S/C10H19O6P/c1-7(2)3-4-17(15,16)6-8(10(13)14)5-9(11)12/h7-8H,3-6H2,1-2H3,(H,11,12)(H,13,14)(H,15,16). The van der Waals surface area contributed by atoms with E-state index in [1.54, 1.807) is 0 Å². The zero-order valence-electron chi connectivity index (χ0n) is 10.00. The summed E-state index contributed by atoms with van der Waals surface area (Å²) in [6, 6.07) is 0. The largest absolute Gasteiger partial charge is 0.481 e. The van der Waals surface area contributed by atoms with Gasteiger partial charge in [-0.1, -0.05) is 13.8 Å². The molecule has 0 saturated carbocycles. The molecule has 0 amide bonds. The molecule has 6 nitrogen and oxygen atoms in total. The van der Waals surface area contributed by atoms with Crippen LogP contribution >= 0.6 is 7.37 Å². The van der Waals surface area contributed by atoms with Gasteiger partial charge in [0, 0.05) is 12.3 Å². The van der Waals surface area contributed by atoms with Crippen LogP contribution in [0.3, 0.4) is 0 Å². The normalized spacial score (nSPS) is 16.5. The molecule has 0 aromatic carbocycles. The topological polar surface area (TPSA) is 112 Å². The third kappa shape index (κ3) is 7.94. The van der Waals surface area contributed by atoms with Crippen LogP contribution in [0.1, 0.15) is 26.7 Å². The van der Waals surface area contributed by atoms with Crippen molar-refractivity contribution in [1.82, 2.24) is 0 Å². The number of rotatable bonds is 8. The predicted octanol–water partition coefficient (Wildman–Crippen LogP) is 1.48. The van der Waals surface area contributed by atoms with Crippen molar-refractivity contribution in [2.75, 3.05) is 12.3 Å². The summed E-state index contributed by atoms with van der Waals surface area (Å²) < 4.78 is 11.7. The van der Waals surface area contributed by atoms with Crippen molar-refractivity contribution in [2.24, 2.45) is 11.8 Å². The van der Waals surface area contributed by atoms with Crippen molar-refractivity contribution in [2.45, 2.75) is 26.7 Å². The van der Waals surface area contributed by atoms with Crippen LogP contribution in [0.5, 0.6) is 0 Å². The molecule has 0 bridgehead atoms. The Kier molecular flexibility index (Phi) is 6.42. The number of aliphatic carboxylic acids is 2. The fourth-order valence-electron chi connectivity index (χ4n) is 1.34. The van der Waals surface area contributed by atoms with E-state index in [1.165, 1.54) is 0 Å². The summed E-state index contributed by atoms with van der Waals surface area (Å²) in [6.07, 6.45) is -0.538. The Morgan fingerprint density at radius 2 is 1.76 bits per heavy atom. The fourth-order valence-corrected chi connectivity index (χ4v) is 3.41. The van der Waals surface area contributed by atoms with Gasteiger partial charge in [0.1, 0.15) is 0 Å². The SMILES string of the molecule is CC(C)CCP(=O)(O)CC(CC(=O)O)C(=O)O. The molecule has 3 N–H and O–H groups in total. The molecule has 7 heteroatoms. The highest BCUT2D eigenvalue weighted by molar-refractivity contribution is 7.58. The Labute approximate surface area is 100 Å². The molecule has 0 radical (unpaired) electrons. The molecular formula is C10H19O6P. The molecule has 0 heterocycles. The van der Waals surface area contributed by atoms with E-state index >= 15 is 0 Å². The van der Waals surface area contributed by atoms with E-state index in [0.717, 1.165) is 0 Å². The van der Waals surface area contributed by atoms with Crippen molar-refractivity contribution < 1.29 is 29.3 Å². The first-order valence-electron chi connectivity index (χ1n) is 5.39. The summed E-state index contributed by atoms with van der Waals surface area (Å²) in [5.41, 5.74) is 0. The average Bonchev–Trinajstić information content (AvgIpc) is 2.12. The Morgan fingerprint density at radius 1 is 1.24 bits per heavy atom. The zero-order valence-corrected chi connectivity index (χ0v) is 10.9. The van der Waals surface area contributed by atoms with Gasteiger partial charge in [-0.25, -0.2) is 0 Å². The Balaban J connectivity index is 4.47. The molecule has 17 heavy (non-hydrogen) atoms. The maximum absolute atomic E-state index is 11.7. The maximum Gasteiger partial charge on any atom is 0.307 e. The lowest BCUT2D eigenvalue weighted by atomic mass is 10.1. The Hall–Kier alpha value is -0.870. The molecule has 0 aromatic heterocycles. The van der Waals surface area contributed by atoms with Crippen LogP contribution in [0, 0.1) is 11.8 Å². The lowest BCUT2D eigenvalue weighted by molar-refractivity contribution is -0.147. The lowest BCUT2D eigenvalue weighted by Gasteiger charge is -2.16. The summed E-state index contributed by atoms with van der Waals surface area (Å²) in [6.45, 7) is 3.79. The smallest absolute Gasteiger partial charge is 0.307 e. The first-order chi connectivity index (χ1) is 7.64. The van der Waals surface area contributed by atoms with Gasteiger partial charge in [-0.2, -0.15) is 0 Å². The monoisotopic (exact) mass is 266 g/mol. The first kappa shape index (κ1) is 16.1. The van der Waals surface area contributed by atoms with Gasteiger partial charge < -0.3 is 15.1 Å². The molecule has 0 aliphatic heterocycles. The lowest BCUT2D eigenvalue weighted by Crippen LogP contribution is -2.22. The van der Waals surface area contributed by atoms with Gasteiger partial charge in [-0.3, -0.25) is 14.2 Å². The molecule has 0 saturated heterocycles. The van der Waals surface area contributed by atoms with Crippen LogP contribution in [0.15, 0.2) is 0 Å². The molecule has 100 valence electrons. The minimum Gasteiger partial charge on any atom is -0.481 e. The molecule has 2 unspecified atom stereocenters. The molecule has 2 atom stereocenters. The van der Waals surface area contributed by atoms with Crippen molar-refractivity contribution in [3.63, 3.8) is 0 Å². The Bertz CT molecular complexity index is 325. The quantitative estimate of drug-likeness (QED) is 0.573. The summed E-state index contributed by atoms with van der Waals surface area (Å²) in [5.74, 6) is -3.67. The van der Waals surface area contributed by atoms with Crippen molar-refractivity contribution in [3.05, 3.63) is 0 Å². The van der Waals surface area contributed by atoms with Crippen molar-refractivity contribution in [3.8, 4) is 0 Å². The second-order valence-corrected chi connectivity index (χ2v) is 7.07. The van der Waals surface area contributed by atoms with Crippen LogP contribution in [-0.2, 0) is 14.2 Å². The van der Waals surface area contributed by atoms with E-state index in [0.29, 0.717) is 6.42 Å². The first-order valence-corrected chi connectivity index (χ1v) is 7.42. The molecule has 0 aliphatic carbocycles. The van der Waals surface area contributed by atoms with E-state index in [-0.39, 0.29) is 12.1 Å². The van der Waals surface area contributed by atoms with Gasteiger partial charge in [0.15, 0.2) is 0 Å². The van der Waals surface area contributed by atoms with Gasteiger partial charge in [-0.15, -0.1) is 0 Å². The van der Waals surface area contributed by atoms with Crippen LogP contribution in [0.25, 0.3) is 0 Å². The third-order valence-corrected chi connectivity index (χ3v) is 4.30. The van der Waals surface area contributed by atoms with Crippen LogP contribution in [-0.4, -0.2) is 39.4 Å². The zero-order chi connectivity index (χ0) is 13.6. The molecule has 0 spiro atoms. The van der Waals surface area contributed by atoms with E-state index in [2.05, 4.69) is 0 Å². The fraction of sp³-hybridized carbons (Fsp3) is 0.800. The number of carbonyl (C=O) groups is 2. The molecular weight excluding hydrogens is 247 g/mol. The highest BCUT2D eigenvalue weighted by Gasteiger charge is 2.30. The highest BCUT2D eigenvalue weighted by atomic mass is 31.2. The van der Waals surface area contributed by atoms with Crippen LogP contribution in [0.2, 0.25) is 0 Å². The molecule has 0 fully saturated rings. The van der Waals surface area contributed by atoms with Gasteiger partial charge in [0.2, 0.25) is 7.37 Å². The number of hydrogen-bond donors (Lipinski definition) is 3. The second kappa shape index (κ2) is 6.77. The summed E-state index contributed by atoms with van der Waals surface area (Å²) >= 11 is 0. The van der Waals surface area contributed by atoms with Gasteiger partial charge in [0.05, 0.1) is 12.3 Å². The second-order valence-electron chi connectivity index (χ2n) is 4.57. The predicted molar refractivity (Wildman–Crippen MR) is 62.4 cm³/mol. The van der Waals surface area contributed by atoms with Gasteiger partial charge in [-0.05, 0) is 12.3 Å². The highest BCUT2D eigenvalue weighted by Crippen LogP contribution is 2.44. The maximum atomic E-state index is 11.7. The number of hydrogen-bond acceptors (Lipinski definition) is 3. The van der Waals surface area contributed by atoms with Gasteiger partial charge in [0.25, 0.3) is 0 Å². The van der Waals surface area contributed by atoms with Crippen LogP contribution < -0.4 is 0 Å². The van der Waals surface area contributed by atoms with Gasteiger partial charge >= 0.3 is 11.9 Å². The minimum atomic E-state index is -3.56. The third-order valence-electron chi connectivity index (χ3n) is 2.33. The summed E-state index contributed by atoms with van der Waals surface area (Å²) in [5, 5.41) is 17.3. The van der Waals surface area contributed by atoms with Crippen molar-refractivity contribution >= 4 is 19.3 Å². The van der Waals surface area contributed by atoms with Crippen LogP contribution in [0.4, 0.5) is 0 Å². The van der Waals surface area contributed by atoms with E-state index in [4.69, 9.17) is 10.2 Å². The number of carboxylic acid groups (broad SMARTS) is 2. The minimum absolute atomic E-state index is 0.0358. The summed E-state index contributed by atoms with van der Waals surface area (Å²) in [7, 11) is -3.56. The van der Waals surface area contributed by atoms with E-state index in [1.807, 2.05) is 13.8 Å². The molecule has 0 rings (SSSR count). The average molecular weight is 266 g/mol. The Morgan fingerprint density at radius 3 is 2.12 bits per heavy atom. The number of carboxylic acids is 2. The van der Waals surface area contributed by atoms with E-state index < -0.39 is 37.8 Å². The molecule has 0 aromatic rings. The molecule has 0 aliphatic rings. The summed E-state index contributed by atoms with van der Waals surface area (Å²) in [4.78, 5) is 30.8. The van der Waals surface area contributed by atoms with Crippen molar-refractivity contribution in [1.29, 1.82) is 0 Å². The van der Waals surface area contributed by atoms with E-state index in [9.17, 15) is 19.0 Å².